The Labute approximate surface area is 110 Å². The highest BCUT2D eigenvalue weighted by Crippen LogP contribution is 2.27. The van der Waals surface area contributed by atoms with Gasteiger partial charge in [-0.1, -0.05) is 17.7 Å². The van der Waals surface area contributed by atoms with Crippen LogP contribution >= 0.6 is 22.9 Å². The van der Waals surface area contributed by atoms with E-state index in [9.17, 15) is 5.11 Å². The molecule has 0 aliphatic heterocycles. The molecule has 0 aliphatic carbocycles. The van der Waals surface area contributed by atoms with E-state index in [2.05, 4.69) is 11.4 Å². The molecule has 0 amide bonds. The molecule has 0 bridgehead atoms. The van der Waals surface area contributed by atoms with Crippen molar-refractivity contribution in [1.82, 2.24) is 0 Å². The standard InChI is InChI=1S/C13H14ClNOS/c14-10-2-3-11(12(15)7-10)13(16)4-1-9-5-6-17-8-9/h2-3,5-8,13,16H,1,4,15H2. The molecule has 2 aromatic rings. The molecular formula is C13H14ClNOS. The molecule has 1 unspecified atom stereocenters. The lowest BCUT2D eigenvalue weighted by Gasteiger charge is -2.13. The van der Waals surface area contributed by atoms with Crippen molar-refractivity contribution >= 4 is 28.6 Å². The normalized spacial score (nSPS) is 12.6. The smallest absolute Gasteiger partial charge is 0.0813 e. The molecule has 2 nitrogen and oxygen atoms in total. The molecule has 90 valence electrons. The number of halogens is 1. The van der Waals surface area contributed by atoms with E-state index in [1.165, 1.54) is 5.56 Å². The molecule has 1 aromatic carbocycles. The zero-order valence-electron chi connectivity index (χ0n) is 9.27. The molecule has 17 heavy (non-hydrogen) atoms. The van der Waals surface area contributed by atoms with Crippen molar-refractivity contribution < 1.29 is 5.11 Å². The van der Waals surface area contributed by atoms with Gasteiger partial charge < -0.3 is 10.8 Å². The number of benzene rings is 1. The zero-order valence-corrected chi connectivity index (χ0v) is 10.8. The molecule has 0 spiro atoms. The number of nitrogens with two attached hydrogens (primary N) is 1. The first-order valence-corrected chi connectivity index (χ1v) is 6.73. The molecule has 1 aromatic heterocycles. The molecule has 0 saturated carbocycles. The molecule has 0 fully saturated rings. The summed E-state index contributed by atoms with van der Waals surface area (Å²) in [6.07, 6.45) is 0.988. The van der Waals surface area contributed by atoms with Crippen LogP contribution in [0.3, 0.4) is 0 Å². The lowest BCUT2D eigenvalue weighted by Crippen LogP contribution is -2.03. The van der Waals surface area contributed by atoms with Gasteiger partial charge >= 0.3 is 0 Å². The number of anilines is 1. The molecule has 2 rings (SSSR count). The van der Waals surface area contributed by atoms with Gasteiger partial charge in [-0.3, -0.25) is 0 Å². The third-order valence-electron chi connectivity index (χ3n) is 2.69. The van der Waals surface area contributed by atoms with Crippen molar-refractivity contribution in [3.63, 3.8) is 0 Å². The number of aryl methyl sites for hydroxylation is 1. The minimum atomic E-state index is -0.535. The highest BCUT2D eigenvalue weighted by molar-refractivity contribution is 7.07. The number of aliphatic hydroxyl groups is 1. The quantitative estimate of drug-likeness (QED) is 0.831. The van der Waals surface area contributed by atoms with Gasteiger partial charge in [0.2, 0.25) is 0 Å². The summed E-state index contributed by atoms with van der Waals surface area (Å²) in [5, 5.41) is 14.8. The first-order valence-electron chi connectivity index (χ1n) is 5.41. The summed E-state index contributed by atoms with van der Waals surface area (Å²) in [7, 11) is 0. The lowest BCUT2D eigenvalue weighted by molar-refractivity contribution is 0.168. The van der Waals surface area contributed by atoms with Crippen LogP contribution in [-0.2, 0) is 6.42 Å². The predicted octanol–water partition coefficient (Wildman–Crippen LogP) is 3.65. The SMILES string of the molecule is Nc1cc(Cl)ccc1C(O)CCc1ccsc1. The second kappa shape index (κ2) is 5.54. The third-order valence-corrected chi connectivity index (χ3v) is 3.66. The summed E-state index contributed by atoms with van der Waals surface area (Å²) in [5.41, 5.74) is 8.39. The summed E-state index contributed by atoms with van der Waals surface area (Å²) in [6, 6.07) is 7.28. The highest BCUT2D eigenvalue weighted by Gasteiger charge is 2.11. The predicted molar refractivity (Wildman–Crippen MR) is 73.5 cm³/mol. The van der Waals surface area contributed by atoms with Gasteiger partial charge in [0.25, 0.3) is 0 Å². The van der Waals surface area contributed by atoms with Crippen molar-refractivity contribution in [1.29, 1.82) is 0 Å². The fourth-order valence-corrected chi connectivity index (χ4v) is 2.63. The topological polar surface area (TPSA) is 46.2 Å². The molecule has 1 heterocycles. The largest absolute Gasteiger partial charge is 0.398 e. The molecule has 0 aliphatic rings. The van der Waals surface area contributed by atoms with Crippen LogP contribution in [0.1, 0.15) is 23.7 Å². The third kappa shape index (κ3) is 3.22. The van der Waals surface area contributed by atoms with Crippen LogP contribution in [0, 0.1) is 0 Å². The summed E-state index contributed by atoms with van der Waals surface area (Å²) in [5.74, 6) is 0. The maximum Gasteiger partial charge on any atom is 0.0813 e. The van der Waals surface area contributed by atoms with Crippen LogP contribution in [0.4, 0.5) is 5.69 Å². The molecule has 3 N–H and O–H groups in total. The number of aliphatic hydroxyl groups excluding tert-OH is 1. The molecule has 0 saturated heterocycles. The van der Waals surface area contributed by atoms with E-state index in [0.717, 1.165) is 12.0 Å². The first kappa shape index (κ1) is 12.4. The number of thiophene rings is 1. The number of nitrogen functional groups attached to an aromatic ring is 1. The van der Waals surface area contributed by atoms with Gasteiger partial charge in [0, 0.05) is 16.3 Å². The van der Waals surface area contributed by atoms with Crippen molar-refractivity contribution in [2.45, 2.75) is 18.9 Å². The van der Waals surface area contributed by atoms with Gasteiger partial charge in [0.05, 0.1) is 6.10 Å². The summed E-state index contributed by atoms with van der Waals surface area (Å²) < 4.78 is 0. The maximum atomic E-state index is 10.1. The minimum absolute atomic E-state index is 0.535. The number of rotatable bonds is 4. The molecular weight excluding hydrogens is 254 g/mol. The monoisotopic (exact) mass is 267 g/mol. The van der Waals surface area contributed by atoms with E-state index in [1.807, 2.05) is 5.38 Å². The van der Waals surface area contributed by atoms with Crippen molar-refractivity contribution in [3.05, 3.63) is 51.2 Å². The van der Waals surface area contributed by atoms with Gasteiger partial charge in [0.1, 0.15) is 0 Å². The van der Waals surface area contributed by atoms with Crippen LogP contribution in [0.15, 0.2) is 35.0 Å². The van der Waals surface area contributed by atoms with Gasteiger partial charge in [-0.15, -0.1) is 0 Å². The molecule has 1 atom stereocenters. The van der Waals surface area contributed by atoms with Crippen LogP contribution in [0.5, 0.6) is 0 Å². The summed E-state index contributed by atoms with van der Waals surface area (Å²) in [6.45, 7) is 0. The first-order chi connectivity index (χ1) is 8.16. The lowest BCUT2D eigenvalue weighted by atomic mass is 10.0. The van der Waals surface area contributed by atoms with Crippen LogP contribution in [0.2, 0.25) is 5.02 Å². The Morgan fingerprint density at radius 1 is 1.35 bits per heavy atom. The van der Waals surface area contributed by atoms with Crippen LogP contribution in [-0.4, -0.2) is 5.11 Å². The fraction of sp³-hybridized carbons (Fsp3) is 0.231. The van der Waals surface area contributed by atoms with Gasteiger partial charge in [-0.05, 0) is 47.4 Å². The van der Waals surface area contributed by atoms with Crippen LogP contribution < -0.4 is 5.73 Å². The van der Waals surface area contributed by atoms with E-state index in [1.54, 1.807) is 29.5 Å². The Bertz CT molecular complexity index is 484. The Morgan fingerprint density at radius 2 is 2.18 bits per heavy atom. The van der Waals surface area contributed by atoms with Crippen molar-refractivity contribution in [3.8, 4) is 0 Å². The van der Waals surface area contributed by atoms with E-state index in [0.29, 0.717) is 17.1 Å². The van der Waals surface area contributed by atoms with Crippen LogP contribution in [0.25, 0.3) is 0 Å². The van der Waals surface area contributed by atoms with E-state index in [-0.39, 0.29) is 0 Å². The number of hydrogen-bond donors (Lipinski definition) is 2. The Morgan fingerprint density at radius 3 is 2.82 bits per heavy atom. The average molecular weight is 268 g/mol. The average Bonchev–Trinajstić information content (AvgIpc) is 2.78. The Hall–Kier alpha value is -1.03. The molecule has 4 heteroatoms. The summed E-state index contributed by atoms with van der Waals surface area (Å²) in [4.78, 5) is 0. The van der Waals surface area contributed by atoms with Gasteiger partial charge in [-0.25, -0.2) is 0 Å². The van der Waals surface area contributed by atoms with Gasteiger partial charge in [-0.2, -0.15) is 11.3 Å². The maximum absolute atomic E-state index is 10.1. The minimum Gasteiger partial charge on any atom is -0.398 e. The zero-order chi connectivity index (χ0) is 12.3. The highest BCUT2D eigenvalue weighted by atomic mass is 35.5. The second-order valence-corrected chi connectivity index (χ2v) is 5.18. The fourth-order valence-electron chi connectivity index (χ4n) is 1.74. The van der Waals surface area contributed by atoms with E-state index >= 15 is 0 Å². The van der Waals surface area contributed by atoms with Crippen molar-refractivity contribution in [2.75, 3.05) is 5.73 Å². The van der Waals surface area contributed by atoms with Gasteiger partial charge in [0.15, 0.2) is 0 Å². The summed E-state index contributed by atoms with van der Waals surface area (Å²) >= 11 is 7.49. The number of hydrogen-bond acceptors (Lipinski definition) is 3. The Kier molecular flexibility index (Phi) is 4.05. The Balaban J connectivity index is 2.01. The second-order valence-electron chi connectivity index (χ2n) is 3.96. The molecule has 0 radical (unpaired) electrons. The van der Waals surface area contributed by atoms with E-state index in [4.69, 9.17) is 17.3 Å². The van der Waals surface area contributed by atoms with Crippen molar-refractivity contribution in [2.24, 2.45) is 0 Å². The van der Waals surface area contributed by atoms with E-state index < -0.39 is 6.10 Å².